The minimum atomic E-state index is -0.552. The molecule has 0 spiro atoms. The average molecular weight is 457 g/mol. The van der Waals surface area contributed by atoms with Crippen molar-refractivity contribution >= 4 is 46.5 Å². The molecule has 4 rings (SSSR count). The molecule has 168 valence electrons. The lowest BCUT2D eigenvalue weighted by molar-refractivity contribution is -0.132. The number of hydrogen-bond acceptors (Lipinski definition) is 4. The molecule has 2 aromatic rings. The Morgan fingerprint density at radius 3 is 2.38 bits per heavy atom. The van der Waals surface area contributed by atoms with E-state index in [1.807, 2.05) is 0 Å². The van der Waals surface area contributed by atoms with Crippen LogP contribution in [0.1, 0.15) is 19.8 Å². The Morgan fingerprint density at radius 2 is 1.66 bits per heavy atom. The number of halogens is 1. The molecule has 2 aliphatic heterocycles. The molecule has 0 aliphatic carbocycles. The van der Waals surface area contributed by atoms with Crippen LogP contribution in [0.5, 0.6) is 0 Å². The summed E-state index contributed by atoms with van der Waals surface area (Å²) >= 11 is 5.88. The molecule has 8 nitrogen and oxygen atoms in total. The van der Waals surface area contributed by atoms with Gasteiger partial charge in [0, 0.05) is 35.2 Å². The van der Waals surface area contributed by atoms with Gasteiger partial charge in [-0.1, -0.05) is 11.6 Å². The monoisotopic (exact) mass is 456 g/mol. The van der Waals surface area contributed by atoms with Gasteiger partial charge in [0.2, 0.25) is 5.91 Å². The zero-order valence-electron chi connectivity index (χ0n) is 17.7. The lowest BCUT2D eigenvalue weighted by Crippen LogP contribution is -2.46. The summed E-state index contributed by atoms with van der Waals surface area (Å²) in [6.45, 7) is 3.23. The van der Waals surface area contributed by atoms with Crippen molar-refractivity contribution in [1.82, 2.24) is 4.90 Å². The first-order chi connectivity index (χ1) is 15.4. The lowest BCUT2D eigenvalue weighted by atomic mass is 10.2. The predicted octanol–water partition coefficient (Wildman–Crippen LogP) is 3.73. The highest BCUT2D eigenvalue weighted by Gasteiger charge is 2.34. The van der Waals surface area contributed by atoms with Gasteiger partial charge in [-0.25, -0.2) is 4.79 Å². The molecule has 0 aromatic heterocycles. The topological polar surface area (TPSA) is 91.0 Å². The van der Waals surface area contributed by atoms with E-state index in [2.05, 4.69) is 10.6 Å². The summed E-state index contributed by atoms with van der Waals surface area (Å²) in [5.41, 5.74) is 1.98. The largest absolute Gasteiger partial charge is 0.367 e. The van der Waals surface area contributed by atoms with Gasteiger partial charge in [-0.05, 0) is 68.3 Å². The second-order valence-corrected chi connectivity index (χ2v) is 8.26. The molecule has 0 radical (unpaired) electrons. The molecule has 0 saturated carbocycles. The van der Waals surface area contributed by atoms with E-state index < -0.39 is 12.1 Å². The van der Waals surface area contributed by atoms with E-state index in [4.69, 9.17) is 16.3 Å². The van der Waals surface area contributed by atoms with Gasteiger partial charge in [0.05, 0.1) is 6.61 Å². The third-order valence-corrected chi connectivity index (χ3v) is 5.91. The number of carbonyl (C=O) groups is 3. The molecule has 9 heteroatoms. The van der Waals surface area contributed by atoms with Crippen molar-refractivity contribution in [3.05, 3.63) is 53.6 Å². The second kappa shape index (κ2) is 9.58. The summed E-state index contributed by atoms with van der Waals surface area (Å²) in [5, 5.41) is 6.28. The fourth-order valence-electron chi connectivity index (χ4n) is 3.94. The third kappa shape index (κ3) is 4.87. The highest BCUT2D eigenvalue weighted by molar-refractivity contribution is 6.30. The average Bonchev–Trinajstić information content (AvgIpc) is 3.28. The van der Waals surface area contributed by atoms with E-state index in [-0.39, 0.29) is 17.8 Å². The van der Waals surface area contributed by atoms with Crippen molar-refractivity contribution in [2.75, 3.05) is 35.2 Å². The zero-order valence-corrected chi connectivity index (χ0v) is 18.5. The maximum atomic E-state index is 12.9. The number of nitrogens with one attached hydrogen (secondary N) is 2. The molecule has 32 heavy (non-hydrogen) atoms. The van der Waals surface area contributed by atoms with E-state index in [1.54, 1.807) is 65.3 Å². The number of hydrogen-bond donors (Lipinski definition) is 2. The number of likely N-dealkylation sites (tertiary alicyclic amines) is 1. The zero-order chi connectivity index (χ0) is 22.7. The number of amides is 4. The summed E-state index contributed by atoms with van der Waals surface area (Å²) in [6.07, 6.45) is 0.885. The number of urea groups is 1. The van der Waals surface area contributed by atoms with Gasteiger partial charge in [-0.2, -0.15) is 0 Å². The van der Waals surface area contributed by atoms with Crippen LogP contribution < -0.4 is 15.5 Å². The predicted molar refractivity (Wildman–Crippen MR) is 123 cm³/mol. The first-order valence-electron chi connectivity index (χ1n) is 10.6. The molecular formula is C23H25ClN4O4. The van der Waals surface area contributed by atoms with Crippen LogP contribution in [0.2, 0.25) is 5.02 Å². The van der Waals surface area contributed by atoms with E-state index in [1.165, 1.54) is 0 Å². The summed E-state index contributed by atoms with van der Waals surface area (Å²) in [7, 11) is 0. The fraction of sp³-hybridized carbons (Fsp3) is 0.348. The summed E-state index contributed by atoms with van der Waals surface area (Å²) in [4.78, 5) is 41.1. The van der Waals surface area contributed by atoms with Crippen molar-refractivity contribution in [2.45, 2.75) is 31.9 Å². The summed E-state index contributed by atoms with van der Waals surface area (Å²) < 4.78 is 5.36. The molecule has 2 fully saturated rings. The third-order valence-electron chi connectivity index (χ3n) is 5.65. The summed E-state index contributed by atoms with van der Waals surface area (Å²) in [6, 6.07) is 13.1. The lowest BCUT2D eigenvalue weighted by Gasteiger charge is -2.31. The Labute approximate surface area is 191 Å². The Hall–Kier alpha value is -3.10. The normalized spacial score (nSPS) is 20.9. The maximum Gasteiger partial charge on any atom is 0.322 e. The fourth-order valence-corrected chi connectivity index (χ4v) is 4.07. The highest BCUT2D eigenvalue weighted by Crippen LogP contribution is 2.24. The SMILES string of the molecule is CC1OCCN(c2ccc(NC(=O)[C@H]3CCCN3C(=O)Nc3ccc(Cl)cc3)cc2)C1=O. The smallest absolute Gasteiger partial charge is 0.322 e. The van der Waals surface area contributed by atoms with Crippen LogP contribution in [-0.4, -0.2) is 54.6 Å². The molecule has 2 aromatic carbocycles. The van der Waals surface area contributed by atoms with Crippen LogP contribution in [0.15, 0.2) is 48.5 Å². The molecule has 2 heterocycles. The van der Waals surface area contributed by atoms with Gasteiger partial charge in [-0.15, -0.1) is 0 Å². The van der Waals surface area contributed by atoms with Crippen molar-refractivity contribution in [2.24, 2.45) is 0 Å². The van der Waals surface area contributed by atoms with Gasteiger partial charge in [0.1, 0.15) is 12.1 Å². The second-order valence-electron chi connectivity index (χ2n) is 7.83. The van der Waals surface area contributed by atoms with Crippen molar-refractivity contribution in [1.29, 1.82) is 0 Å². The van der Waals surface area contributed by atoms with E-state index >= 15 is 0 Å². The van der Waals surface area contributed by atoms with Crippen LogP contribution in [0.4, 0.5) is 21.9 Å². The van der Waals surface area contributed by atoms with E-state index in [0.717, 1.165) is 12.1 Å². The Bertz CT molecular complexity index is 996. The van der Waals surface area contributed by atoms with Gasteiger partial charge >= 0.3 is 6.03 Å². The Kier molecular flexibility index (Phi) is 6.62. The minimum Gasteiger partial charge on any atom is -0.367 e. The van der Waals surface area contributed by atoms with Crippen molar-refractivity contribution in [3.63, 3.8) is 0 Å². The maximum absolute atomic E-state index is 12.9. The molecular weight excluding hydrogens is 432 g/mol. The molecule has 2 saturated heterocycles. The standard InChI is InChI=1S/C23H25ClN4O4/c1-15-22(30)27(13-14-32-15)19-10-8-17(9-11-19)25-21(29)20-3-2-12-28(20)23(31)26-18-6-4-16(24)5-7-18/h4-11,15,20H,2-3,12-14H2,1H3,(H,25,29)(H,26,31)/t15?,20-/m1/s1. The number of anilines is 3. The Morgan fingerprint density at radius 1 is 1.00 bits per heavy atom. The van der Waals surface area contributed by atoms with Gasteiger partial charge in [-0.3, -0.25) is 9.59 Å². The van der Waals surface area contributed by atoms with Crippen LogP contribution >= 0.6 is 11.6 Å². The number of morpholine rings is 1. The summed E-state index contributed by atoms with van der Waals surface area (Å²) in [5.74, 6) is -0.320. The number of ether oxygens (including phenoxy) is 1. The van der Waals surface area contributed by atoms with Gasteiger partial charge in [0.15, 0.2) is 0 Å². The number of rotatable bonds is 4. The number of nitrogens with zero attached hydrogens (tertiary/aromatic N) is 2. The molecule has 4 amide bonds. The highest BCUT2D eigenvalue weighted by atomic mass is 35.5. The molecule has 2 aliphatic rings. The van der Waals surface area contributed by atoms with Gasteiger partial charge < -0.3 is 25.2 Å². The molecule has 2 N–H and O–H groups in total. The first kappa shape index (κ1) is 22.1. The number of carbonyl (C=O) groups excluding carboxylic acids is 3. The van der Waals surface area contributed by atoms with Crippen molar-refractivity contribution in [3.8, 4) is 0 Å². The van der Waals surface area contributed by atoms with Crippen LogP contribution in [-0.2, 0) is 14.3 Å². The Balaban J connectivity index is 1.37. The molecule has 1 unspecified atom stereocenters. The molecule has 2 atom stereocenters. The van der Waals surface area contributed by atoms with E-state index in [0.29, 0.717) is 42.5 Å². The number of benzene rings is 2. The van der Waals surface area contributed by atoms with Crippen LogP contribution in [0, 0.1) is 0 Å². The van der Waals surface area contributed by atoms with E-state index in [9.17, 15) is 14.4 Å². The van der Waals surface area contributed by atoms with Crippen LogP contribution in [0.25, 0.3) is 0 Å². The van der Waals surface area contributed by atoms with Crippen LogP contribution in [0.3, 0.4) is 0 Å². The molecule has 0 bridgehead atoms. The minimum absolute atomic E-state index is 0.0821. The first-order valence-corrected chi connectivity index (χ1v) is 11.0. The van der Waals surface area contributed by atoms with Crippen molar-refractivity contribution < 1.29 is 19.1 Å². The quantitative estimate of drug-likeness (QED) is 0.733. The van der Waals surface area contributed by atoms with Gasteiger partial charge in [0.25, 0.3) is 5.91 Å².